The second-order valence-corrected chi connectivity index (χ2v) is 13.7. The number of rotatable bonds is 6. The Bertz CT molecular complexity index is 2210. The average molecular weight is 624 g/mol. The van der Waals surface area contributed by atoms with Gasteiger partial charge in [-0.15, -0.1) is 0 Å². The molecule has 48 heavy (non-hydrogen) atoms. The van der Waals surface area contributed by atoms with E-state index in [-0.39, 0.29) is 11.2 Å². The molecule has 7 aromatic carbocycles. The Labute approximate surface area is 283 Å². The van der Waals surface area contributed by atoms with Crippen LogP contribution in [0.2, 0.25) is 0 Å². The zero-order valence-corrected chi connectivity index (χ0v) is 27.9. The molecule has 0 amide bonds. The van der Waals surface area contributed by atoms with Gasteiger partial charge in [-0.25, -0.2) is 0 Å². The summed E-state index contributed by atoms with van der Waals surface area (Å²) in [5, 5.41) is 5.06. The first-order chi connectivity index (χ1) is 23.3. The molecule has 3 nitrogen and oxygen atoms in total. The fraction of sp³-hybridized carbons (Fsp3) is 0.136. The third kappa shape index (κ3) is 5.37. The Kier molecular flexibility index (Phi) is 7.44. The summed E-state index contributed by atoms with van der Waals surface area (Å²) in [6, 6.07) is 56.5. The van der Waals surface area contributed by atoms with E-state index in [4.69, 9.17) is 9.31 Å². The van der Waals surface area contributed by atoms with Crippen LogP contribution >= 0.6 is 0 Å². The summed E-state index contributed by atoms with van der Waals surface area (Å²) < 4.78 is 12.7. The number of fused-ring (bicyclic) bond motifs is 3. The van der Waals surface area contributed by atoms with Crippen molar-refractivity contribution in [3.05, 3.63) is 158 Å². The molecule has 1 saturated heterocycles. The lowest BCUT2D eigenvalue weighted by molar-refractivity contribution is 0.00578. The van der Waals surface area contributed by atoms with Gasteiger partial charge in [0.05, 0.1) is 11.2 Å². The molecule has 1 heterocycles. The smallest absolute Gasteiger partial charge is 0.399 e. The van der Waals surface area contributed by atoms with Gasteiger partial charge < -0.3 is 14.2 Å². The van der Waals surface area contributed by atoms with Crippen LogP contribution in [0.15, 0.2) is 158 Å². The summed E-state index contributed by atoms with van der Waals surface area (Å²) in [4.78, 5) is 2.31. The van der Waals surface area contributed by atoms with Gasteiger partial charge in [0.1, 0.15) is 0 Å². The minimum Gasteiger partial charge on any atom is -0.399 e. The minimum absolute atomic E-state index is 0.388. The van der Waals surface area contributed by atoms with Crippen LogP contribution in [0.4, 0.5) is 17.1 Å². The van der Waals surface area contributed by atoms with Crippen molar-refractivity contribution in [2.75, 3.05) is 4.90 Å². The first kappa shape index (κ1) is 30.2. The van der Waals surface area contributed by atoms with Gasteiger partial charge in [0.25, 0.3) is 0 Å². The Hall–Kier alpha value is -5.16. The highest BCUT2D eigenvalue weighted by Crippen LogP contribution is 2.40. The van der Waals surface area contributed by atoms with Crippen molar-refractivity contribution in [3.63, 3.8) is 0 Å². The number of hydrogen-bond acceptors (Lipinski definition) is 3. The van der Waals surface area contributed by atoms with Crippen LogP contribution in [0.25, 0.3) is 43.8 Å². The maximum Gasteiger partial charge on any atom is 0.494 e. The molecule has 0 atom stereocenters. The summed E-state index contributed by atoms with van der Waals surface area (Å²) in [6.07, 6.45) is 0. The third-order valence-corrected chi connectivity index (χ3v) is 10.1. The number of nitrogens with zero attached hydrogens (tertiary/aromatic N) is 1. The maximum atomic E-state index is 6.35. The normalized spacial score (nSPS) is 15.2. The lowest BCUT2D eigenvalue weighted by atomic mass is 9.79. The van der Waals surface area contributed by atoms with E-state index in [0.717, 1.165) is 22.5 Å². The fourth-order valence-electron chi connectivity index (χ4n) is 6.72. The van der Waals surface area contributed by atoms with Crippen LogP contribution in [0.3, 0.4) is 0 Å². The van der Waals surface area contributed by atoms with Crippen LogP contribution in [0.5, 0.6) is 0 Å². The number of anilines is 3. The van der Waals surface area contributed by atoms with Crippen molar-refractivity contribution in [2.24, 2.45) is 0 Å². The summed E-state index contributed by atoms with van der Waals surface area (Å²) in [6.45, 7) is 8.36. The molecule has 7 aromatic rings. The minimum atomic E-state index is -0.404. The molecular weight excluding hydrogens is 585 g/mol. The second kappa shape index (κ2) is 11.8. The molecule has 1 aliphatic heterocycles. The van der Waals surface area contributed by atoms with Gasteiger partial charge in [0, 0.05) is 17.1 Å². The van der Waals surface area contributed by atoms with Crippen LogP contribution in [0, 0.1) is 0 Å². The molecule has 0 spiro atoms. The third-order valence-electron chi connectivity index (χ3n) is 10.1. The molecule has 0 saturated carbocycles. The van der Waals surface area contributed by atoms with E-state index in [0.29, 0.717) is 0 Å². The van der Waals surface area contributed by atoms with E-state index >= 15 is 0 Å². The highest BCUT2D eigenvalue weighted by Gasteiger charge is 2.51. The molecule has 0 N–H and O–H groups in total. The topological polar surface area (TPSA) is 21.7 Å². The van der Waals surface area contributed by atoms with E-state index in [1.165, 1.54) is 43.8 Å². The predicted molar refractivity (Wildman–Crippen MR) is 203 cm³/mol. The molecule has 0 unspecified atom stereocenters. The van der Waals surface area contributed by atoms with Gasteiger partial charge in [-0.1, -0.05) is 115 Å². The summed E-state index contributed by atoms with van der Waals surface area (Å²) in [5.74, 6) is 0. The van der Waals surface area contributed by atoms with Gasteiger partial charge >= 0.3 is 7.12 Å². The van der Waals surface area contributed by atoms with E-state index in [9.17, 15) is 0 Å². The van der Waals surface area contributed by atoms with E-state index in [2.05, 4.69) is 190 Å². The lowest BCUT2D eigenvalue weighted by Gasteiger charge is -2.32. The second-order valence-electron chi connectivity index (χ2n) is 13.7. The zero-order valence-electron chi connectivity index (χ0n) is 27.9. The number of hydrogen-bond donors (Lipinski definition) is 0. The Balaban J connectivity index is 1.18. The fourth-order valence-corrected chi connectivity index (χ4v) is 6.72. The molecule has 8 rings (SSSR count). The molecule has 0 aromatic heterocycles. The lowest BCUT2D eigenvalue weighted by Crippen LogP contribution is -2.41. The van der Waals surface area contributed by atoms with Gasteiger partial charge in [0.2, 0.25) is 0 Å². The van der Waals surface area contributed by atoms with Crippen molar-refractivity contribution < 1.29 is 9.31 Å². The van der Waals surface area contributed by atoms with Crippen LogP contribution in [-0.2, 0) is 9.31 Å². The monoisotopic (exact) mass is 623 g/mol. The molecule has 0 radical (unpaired) electrons. The largest absolute Gasteiger partial charge is 0.494 e. The van der Waals surface area contributed by atoms with E-state index in [1.807, 2.05) is 0 Å². The first-order valence-corrected chi connectivity index (χ1v) is 16.7. The van der Waals surface area contributed by atoms with Crippen LogP contribution in [0.1, 0.15) is 27.7 Å². The molecule has 1 aliphatic rings. The highest BCUT2D eigenvalue weighted by molar-refractivity contribution is 6.62. The average Bonchev–Trinajstić information content (AvgIpc) is 3.35. The SMILES string of the molecule is CC1(C)OB(c2ccc(N(c3ccc(-c4ccccc4)cc3)c3ccc(-c4cc5ccccc5c5ccccc45)cc3)cc2)OC1(C)C. The van der Waals surface area contributed by atoms with Crippen molar-refractivity contribution in [1.82, 2.24) is 0 Å². The van der Waals surface area contributed by atoms with Crippen molar-refractivity contribution in [3.8, 4) is 22.3 Å². The Morgan fingerprint density at radius 1 is 0.438 bits per heavy atom. The molecule has 4 heteroatoms. The standard InChI is InChI=1S/C44H38BNO2/c1-43(2)44(3,4)48-45(47-43)35-22-28-38(29-23-35)46(36-24-18-32(19-25-36)31-12-6-5-7-13-31)37-26-20-33(21-27-37)42-30-34-14-8-9-15-39(34)40-16-10-11-17-41(40)42/h5-30H,1-4H3. The van der Waals surface area contributed by atoms with Gasteiger partial charge in [-0.3, -0.25) is 0 Å². The maximum absolute atomic E-state index is 6.35. The van der Waals surface area contributed by atoms with E-state index < -0.39 is 7.12 Å². The van der Waals surface area contributed by atoms with Gasteiger partial charge in [-0.05, 0) is 119 Å². The van der Waals surface area contributed by atoms with Crippen molar-refractivity contribution in [2.45, 2.75) is 38.9 Å². The van der Waals surface area contributed by atoms with Gasteiger partial charge in [0.15, 0.2) is 0 Å². The highest BCUT2D eigenvalue weighted by atomic mass is 16.7. The molecule has 0 aliphatic carbocycles. The van der Waals surface area contributed by atoms with E-state index in [1.54, 1.807) is 0 Å². The molecule has 0 bridgehead atoms. The van der Waals surface area contributed by atoms with Crippen LogP contribution < -0.4 is 10.4 Å². The van der Waals surface area contributed by atoms with Gasteiger partial charge in [-0.2, -0.15) is 0 Å². The molecular formula is C44H38BNO2. The Morgan fingerprint density at radius 3 is 1.50 bits per heavy atom. The summed E-state index contributed by atoms with van der Waals surface area (Å²) in [7, 11) is -0.404. The molecule has 234 valence electrons. The van der Waals surface area contributed by atoms with Crippen LogP contribution in [-0.4, -0.2) is 18.3 Å². The summed E-state index contributed by atoms with van der Waals surface area (Å²) >= 11 is 0. The van der Waals surface area contributed by atoms with Crippen molar-refractivity contribution >= 4 is 51.2 Å². The Morgan fingerprint density at radius 2 is 0.896 bits per heavy atom. The molecule has 1 fully saturated rings. The zero-order chi connectivity index (χ0) is 32.9. The summed E-state index contributed by atoms with van der Waals surface area (Å²) in [5.41, 5.74) is 8.28. The quantitative estimate of drug-likeness (QED) is 0.136. The predicted octanol–water partition coefficient (Wildman–Crippen LogP) is 11.1. The van der Waals surface area contributed by atoms with Crippen molar-refractivity contribution in [1.29, 1.82) is 0 Å². The number of benzene rings is 7. The first-order valence-electron chi connectivity index (χ1n) is 16.7.